The largest absolute Gasteiger partial charge is 0.522 e. The van der Waals surface area contributed by atoms with Gasteiger partial charge in [-0.2, -0.15) is 0 Å². The van der Waals surface area contributed by atoms with E-state index in [2.05, 4.69) is 14.9 Å². The van der Waals surface area contributed by atoms with E-state index in [1.165, 1.54) is 4.90 Å². The van der Waals surface area contributed by atoms with Gasteiger partial charge in [0.2, 0.25) is 11.8 Å². The number of amides is 1. The molecular formula is C17H25F3N4O4. The van der Waals surface area contributed by atoms with E-state index in [0.29, 0.717) is 19.4 Å². The number of hydrogen-bond acceptors (Lipinski definition) is 7. The number of rotatable bonds is 3. The minimum Gasteiger partial charge on any atom is -0.444 e. The van der Waals surface area contributed by atoms with Crippen LogP contribution in [0, 0.1) is 0 Å². The van der Waals surface area contributed by atoms with Gasteiger partial charge in [-0.15, -0.1) is 23.4 Å². The van der Waals surface area contributed by atoms with Crippen LogP contribution in [0.2, 0.25) is 0 Å². The molecular weight excluding hydrogens is 381 g/mol. The highest BCUT2D eigenvalue weighted by molar-refractivity contribution is 5.69. The van der Waals surface area contributed by atoms with Crippen LogP contribution in [0.3, 0.4) is 0 Å². The van der Waals surface area contributed by atoms with Gasteiger partial charge in [-0.1, -0.05) is 0 Å². The molecule has 2 fully saturated rings. The van der Waals surface area contributed by atoms with Crippen molar-refractivity contribution in [3.63, 3.8) is 0 Å². The van der Waals surface area contributed by atoms with Crippen LogP contribution >= 0.6 is 0 Å². The smallest absolute Gasteiger partial charge is 0.444 e. The summed E-state index contributed by atoms with van der Waals surface area (Å²) in [6, 6.07) is -0.656. The van der Waals surface area contributed by atoms with Crippen LogP contribution in [0.5, 0.6) is 0 Å². The molecule has 1 saturated carbocycles. The number of nitrogens with zero attached hydrogens (tertiary/aromatic N) is 3. The average Bonchev–Trinajstić information content (AvgIpc) is 2.97. The zero-order valence-corrected chi connectivity index (χ0v) is 16.0. The number of carbonyl (C=O) groups is 1. The van der Waals surface area contributed by atoms with Gasteiger partial charge in [-0.25, -0.2) is 4.79 Å². The second-order valence-corrected chi connectivity index (χ2v) is 8.32. The monoisotopic (exact) mass is 406 g/mol. The summed E-state index contributed by atoms with van der Waals surface area (Å²) >= 11 is 0. The molecule has 1 saturated heterocycles. The Morgan fingerprint density at radius 3 is 2.43 bits per heavy atom. The summed E-state index contributed by atoms with van der Waals surface area (Å²) in [7, 11) is 0. The fourth-order valence-corrected chi connectivity index (χ4v) is 3.38. The molecule has 2 N–H and O–H groups in total. The Morgan fingerprint density at radius 2 is 1.82 bits per heavy atom. The van der Waals surface area contributed by atoms with E-state index in [1.54, 1.807) is 20.8 Å². The third-order valence-corrected chi connectivity index (χ3v) is 4.73. The number of likely N-dealkylation sites (tertiary alicyclic amines) is 1. The second kappa shape index (κ2) is 7.51. The van der Waals surface area contributed by atoms with Crippen LogP contribution in [-0.4, -0.2) is 51.8 Å². The third kappa shape index (κ3) is 5.13. The molecule has 2 unspecified atom stereocenters. The molecule has 3 rings (SSSR count). The van der Waals surface area contributed by atoms with Gasteiger partial charge in [0.1, 0.15) is 11.6 Å². The Morgan fingerprint density at radius 1 is 1.18 bits per heavy atom. The molecule has 2 atom stereocenters. The van der Waals surface area contributed by atoms with E-state index in [9.17, 15) is 18.0 Å². The van der Waals surface area contributed by atoms with Crippen molar-refractivity contribution in [3.05, 3.63) is 11.8 Å². The van der Waals surface area contributed by atoms with Gasteiger partial charge < -0.3 is 14.9 Å². The average molecular weight is 406 g/mol. The molecule has 0 radical (unpaired) electrons. The van der Waals surface area contributed by atoms with Crippen molar-refractivity contribution in [1.29, 1.82) is 0 Å². The van der Waals surface area contributed by atoms with Crippen molar-refractivity contribution in [3.8, 4) is 0 Å². The van der Waals surface area contributed by atoms with Gasteiger partial charge in [-0.05, 0) is 46.5 Å². The van der Waals surface area contributed by atoms with Crippen molar-refractivity contribution < 1.29 is 31.9 Å². The number of aromatic nitrogens is 2. The summed E-state index contributed by atoms with van der Waals surface area (Å²) in [5.74, 6) is 0.221. The molecule has 1 aromatic rings. The molecule has 1 aromatic heterocycles. The van der Waals surface area contributed by atoms with Gasteiger partial charge in [0, 0.05) is 18.5 Å². The first-order chi connectivity index (χ1) is 12.9. The molecule has 1 amide bonds. The molecule has 1 aliphatic heterocycles. The first kappa shape index (κ1) is 20.8. The molecule has 158 valence electrons. The minimum absolute atomic E-state index is 0.159. The first-order valence-corrected chi connectivity index (χ1v) is 9.24. The summed E-state index contributed by atoms with van der Waals surface area (Å²) in [6.07, 6.45) is -4.54. The summed E-state index contributed by atoms with van der Waals surface area (Å²) in [6.45, 7) is 5.60. The normalized spacial score (nSPS) is 28.8. The van der Waals surface area contributed by atoms with Gasteiger partial charge in [-0.3, -0.25) is 9.64 Å². The first-order valence-electron chi connectivity index (χ1n) is 9.24. The number of alkyl halides is 3. The SMILES string of the molecule is CC(C)(C)OC(=O)N1CC(N)CCC1c1nnc(C2CC(OC(F)(F)F)C2)o1. The molecule has 0 bridgehead atoms. The van der Waals surface area contributed by atoms with Crippen LogP contribution in [0.4, 0.5) is 18.0 Å². The Balaban J connectivity index is 1.66. The molecule has 8 nitrogen and oxygen atoms in total. The number of piperidine rings is 1. The van der Waals surface area contributed by atoms with Gasteiger partial charge in [0.25, 0.3) is 0 Å². The van der Waals surface area contributed by atoms with Crippen LogP contribution in [0.1, 0.15) is 70.2 Å². The van der Waals surface area contributed by atoms with E-state index in [1.807, 2.05) is 0 Å². The molecule has 28 heavy (non-hydrogen) atoms. The molecule has 0 aromatic carbocycles. The van der Waals surface area contributed by atoms with Gasteiger partial charge >= 0.3 is 12.5 Å². The molecule has 2 aliphatic rings. The van der Waals surface area contributed by atoms with E-state index in [-0.39, 0.29) is 36.6 Å². The Labute approximate surface area is 160 Å². The lowest BCUT2D eigenvalue weighted by Crippen LogP contribution is -2.49. The second-order valence-electron chi connectivity index (χ2n) is 8.32. The Hall–Kier alpha value is -1.88. The Bertz CT molecular complexity index is 697. The maximum atomic E-state index is 12.6. The van der Waals surface area contributed by atoms with E-state index < -0.39 is 30.2 Å². The number of hydrogen-bond donors (Lipinski definition) is 1. The van der Waals surface area contributed by atoms with E-state index in [4.69, 9.17) is 14.9 Å². The standard InChI is InChI=1S/C17H25F3N4O4/c1-16(2,3)28-15(25)24-8-10(21)4-5-12(24)14-23-22-13(26-14)9-6-11(7-9)27-17(18,19)20/h9-12H,4-8,21H2,1-3H3. The molecule has 0 spiro atoms. The fraction of sp³-hybridized carbons (Fsp3) is 0.824. The number of ether oxygens (including phenoxy) is 2. The summed E-state index contributed by atoms with van der Waals surface area (Å²) < 4.78 is 51.8. The maximum absolute atomic E-state index is 12.6. The third-order valence-electron chi connectivity index (χ3n) is 4.73. The molecule has 1 aliphatic carbocycles. The lowest BCUT2D eigenvalue weighted by atomic mass is 9.82. The maximum Gasteiger partial charge on any atom is 0.522 e. The lowest BCUT2D eigenvalue weighted by Gasteiger charge is -2.37. The molecule has 11 heteroatoms. The quantitative estimate of drug-likeness (QED) is 0.822. The fourth-order valence-electron chi connectivity index (χ4n) is 3.38. The van der Waals surface area contributed by atoms with Crippen molar-refractivity contribution in [2.75, 3.05) is 6.54 Å². The Kier molecular flexibility index (Phi) is 5.59. The highest BCUT2D eigenvalue weighted by Crippen LogP contribution is 2.41. The zero-order valence-electron chi connectivity index (χ0n) is 16.0. The summed E-state index contributed by atoms with van der Waals surface area (Å²) in [5.41, 5.74) is 5.33. The van der Waals surface area contributed by atoms with Gasteiger partial charge in [0.05, 0.1) is 6.10 Å². The van der Waals surface area contributed by atoms with Crippen LogP contribution in [-0.2, 0) is 9.47 Å². The molecule has 2 heterocycles. The summed E-state index contributed by atoms with van der Waals surface area (Å²) in [4.78, 5) is 14.0. The number of halogens is 3. The van der Waals surface area contributed by atoms with Crippen molar-refractivity contribution in [2.24, 2.45) is 5.73 Å². The minimum atomic E-state index is -4.65. The highest BCUT2D eigenvalue weighted by Gasteiger charge is 2.43. The van der Waals surface area contributed by atoms with E-state index >= 15 is 0 Å². The van der Waals surface area contributed by atoms with Gasteiger partial charge in [0.15, 0.2) is 0 Å². The van der Waals surface area contributed by atoms with E-state index in [0.717, 1.165) is 0 Å². The lowest BCUT2D eigenvalue weighted by molar-refractivity contribution is -0.352. The predicted molar refractivity (Wildman–Crippen MR) is 90.1 cm³/mol. The topological polar surface area (TPSA) is 104 Å². The number of nitrogens with two attached hydrogens (primary N) is 1. The van der Waals surface area contributed by atoms with Crippen molar-refractivity contribution in [2.45, 2.75) is 82.5 Å². The predicted octanol–water partition coefficient (Wildman–Crippen LogP) is 3.25. The van der Waals surface area contributed by atoms with Crippen molar-refractivity contribution >= 4 is 6.09 Å². The highest BCUT2D eigenvalue weighted by atomic mass is 19.4. The summed E-state index contributed by atoms with van der Waals surface area (Å²) in [5, 5.41) is 7.99. The zero-order chi connectivity index (χ0) is 20.7. The van der Waals surface area contributed by atoms with Crippen LogP contribution in [0.15, 0.2) is 4.42 Å². The van der Waals surface area contributed by atoms with Crippen LogP contribution in [0.25, 0.3) is 0 Å². The van der Waals surface area contributed by atoms with Crippen LogP contribution < -0.4 is 5.73 Å². The number of carbonyl (C=O) groups excluding carboxylic acids is 1. The van der Waals surface area contributed by atoms with Crippen molar-refractivity contribution in [1.82, 2.24) is 15.1 Å².